The van der Waals surface area contributed by atoms with Gasteiger partial charge in [-0.1, -0.05) is 0 Å². The van der Waals surface area contributed by atoms with E-state index < -0.39 is 0 Å². The Morgan fingerprint density at radius 3 is 3.07 bits per heavy atom. The molecule has 0 unspecified atom stereocenters. The number of nitrogens with zero attached hydrogens (tertiary/aromatic N) is 3. The number of anilines is 1. The van der Waals surface area contributed by atoms with Crippen molar-refractivity contribution in [2.75, 3.05) is 38.8 Å². The molecule has 1 rings (SSSR count). The van der Waals surface area contributed by atoms with Gasteiger partial charge in [-0.15, -0.1) is 0 Å². The number of methoxy groups -OCH3 is 1. The van der Waals surface area contributed by atoms with Crippen LogP contribution in [0.15, 0.2) is 12.4 Å². The first-order chi connectivity index (χ1) is 6.79. The van der Waals surface area contributed by atoms with E-state index >= 15 is 0 Å². The highest BCUT2D eigenvalue weighted by atomic mass is 16.5. The van der Waals surface area contributed by atoms with E-state index in [-0.39, 0.29) is 0 Å². The summed E-state index contributed by atoms with van der Waals surface area (Å²) in [5.74, 6) is 0.938. The molecule has 5 heteroatoms. The van der Waals surface area contributed by atoms with Crippen LogP contribution in [-0.2, 0) is 11.3 Å². The lowest BCUT2D eigenvalue weighted by atomic mass is 10.5. The number of imidazole rings is 1. The molecule has 0 fully saturated rings. The Labute approximate surface area is 84.5 Å². The molecule has 1 aromatic rings. The number of aromatic nitrogens is 2. The molecular weight excluding hydrogens is 180 g/mol. The Balaban J connectivity index is 2.61. The Hall–Kier alpha value is -1.07. The van der Waals surface area contributed by atoms with E-state index in [1.165, 1.54) is 0 Å². The minimum absolute atomic E-state index is 0.633. The summed E-state index contributed by atoms with van der Waals surface area (Å²) in [7, 11) is 3.68. The van der Waals surface area contributed by atoms with Gasteiger partial charge in [0, 0.05) is 46.2 Å². The Bertz CT molecular complexity index is 261. The van der Waals surface area contributed by atoms with Gasteiger partial charge in [-0.3, -0.25) is 0 Å². The third-order valence-corrected chi connectivity index (χ3v) is 2.04. The van der Waals surface area contributed by atoms with Crippen LogP contribution in [-0.4, -0.2) is 43.4 Å². The second-order valence-electron chi connectivity index (χ2n) is 3.12. The van der Waals surface area contributed by atoms with Gasteiger partial charge in [0.25, 0.3) is 0 Å². The zero-order valence-corrected chi connectivity index (χ0v) is 8.81. The summed E-state index contributed by atoms with van der Waals surface area (Å²) in [4.78, 5) is 6.30. The van der Waals surface area contributed by atoms with Crippen molar-refractivity contribution in [3.8, 4) is 0 Å². The van der Waals surface area contributed by atoms with Gasteiger partial charge in [-0.25, -0.2) is 4.98 Å². The molecule has 0 radical (unpaired) electrons. The summed E-state index contributed by atoms with van der Waals surface area (Å²) in [6, 6.07) is 0. The molecular formula is C9H18N4O. The lowest BCUT2D eigenvalue weighted by molar-refractivity contribution is 0.187. The van der Waals surface area contributed by atoms with Crippen molar-refractivity contribution in [1.82, 2.24) is 9.55 Å². The van der Waals surface area contributed by atoms with E-state index in [9.17, 15) is 0 Å². The fourth-order valence-corrected chi connectivity index (χ4v) is 1.30. The Kier molecular flexibility index (Phi) is 4.42. The van der Waals surface area contributed by atoms with Crippen molar-refractivity contribution >= 4 is 5.95 Å². The molecule has 1 heterocycles. The van der Waals surface area contributed by atoms with Crippen LogP contribution in [0, 0.1) is 0 Å². The van der Waals surface area contributed by atoms with E-state index in [2.05, 4.69) is 9.55 Å². The predicted molar refractivity (Wildman–Crippen MR) is 56.4 cm³/mol. The molecule has 0 saturated heterocycles. The number of hydrogen-bond acceptors (Lipinski definition) is 4. The molecule has 0 amide bonds. The number of ether oxygens (including phenoxy) is 1. The van der Waals surface area contributed by atoms with E-state index in [1.807, 2.05) is 18.1 Å². The summed E-state index contributed by atoms with van der Waals surface area (Å²) in [6.45, 7) is 2.96. The fraction of sp³-hybridized carbons (Fsp3) is 0.667. The van der Waals surface area contributed by atoms with Gasteiger partial charge in [-0.05, 0) is 0 Å². The van der Waals surface area contributed by atoms with Gasteiger partial charge in [0.15, 0.2) is 0 Å². The van der Waals surface area contributed by atoms with E-state index in [0.29, 0.717) is 13.2 Å². The molecule has 2 N–H and O–H groups in total. The topological polar surface area (TPSA) is 56.3 Å². The number of nitrogens with two attached hydrogens (primary N) is 1. The Morgan fingerprint density at radius 1 is 1.64 bits per heavy atom. The van der Waals surface area contributed by atoms with Gasteiger partial charge in [0.1, 0.15) is 0 Å². The summed E-state index contributed by atoms with van der Waals surface area (Å²) < 4.78 is 7.07. The second-order valence-corrected chi connectivity index (χ2v) is 3.12. The highest BCUT2D eigenvalue weighted by molar-refractivity contribution is 5.29. The smallest absolute Gasteiger partial charge is 0.205 e. The lowest BCUT2D eigenvalue weighted by Crippen LogP contribution is -2.28. The molecule has 0 aromatic carbocycles. The zero-order chi connectivity index (χ0) is 10.4. The van der Waals surface area contributed by atoms with Crippen molar-refractivity contribution < 1.29 is 4.74 Å². The van der Waals surface area contributed by atoms with Crippen LogP contribution in [0.5, 0.6) is 0 Å². The molecule has 1 aromatic heterocycles. The summed E-state index contributed by atoms with van der Waals surface area (Å²) in [6.07, 6.45) is 3.74. The average molecular weight is 198 g/mol. The summed E-state index contributed by atoms with van der Waals surface area (Å²) in [5, 5.41) is 0. The van der Waals surface area contributed by atoms with Crippen molar-refractivity contribution in [2.24, 2.45) is 5.73 Å². The molecule has 0 saturated carbocycles. The molecule has 0 aliphatic heterocycles. The van der Waals surface area contributed by atoms with Crippen LogP contribution in [0.25, 0.3) is 0 Å². The SMILES string of the molecule is COCCn1ccnc1N(C)CCN. The zero-order valence-electron chi connectivity index (χ0n) is 8.81. The highest BCUT2D eigenvalue weighted by Gasteiger charge is 2.06. The Morgan fingerprint density at radius 2 is 2.43 bits per heavy atom. The predicted octanol–water partition coefficient (Wildman–Crippen LogP) is -0.0756. The average Bonchev–Trinajstić information content (AvgIpc) is 2.63. The van der Waals surface area contributed by atoms with Crippen molar-refractivity contribution in [3.05, 3.63) is 12.4 Å². The maximum absolute atomic E-state index is 5.48. The third kappa shape index (κ3) is 2.71. The summed E-state index contributed by atoms with van der Waals surface area (Å²) >= 11 is 0. The second kappa shape index (κ2) is 5.62. The number of hydrogen-bond donors (Lipinski definition) is 1. The van der Waals surface area contributed by atoms with Crippen LogP contribution in [0.1, 0.15) is 0 Å². The maximum atomic E-state index is 5.48. The van der Waals surface area contributed by atoms with Crippen molar-refractivity contribution in [1.29, 1.82) is 0 Å². The molecule has 14 heavy (non-hydrogen) atoms. The van der Waals surface area contributed by atoms with Crippen molar-refractivity contribution in [2.45, 2.75) is 6.54 Å². The molecule has 0 spiro atoms. The molecule has 0 aliphatic rings. The van der Waals surface area contributed by atoms with Gasteiger partial charge in [0.2, 0.25) is 5.95 Å². The fourth-order valence-electron chi connectivity index (χ4n) is 1.30. The van der Waals surface area contributed by atoms with Gasteiger partial charge >= 0.3 is 0 Å². The van der Waals surface area contributed by atoms with Gasteiger partial charge in [-0.2, -0.15) is 0 Å². The van der Waals surface area contributed by atoms with Crippen LogP contribution in [0.3, 0.4) is 0 Å². The molecule has 5 nitrogen and oxygen atoms in total. The minimum atomic E-state index is 0.633. The first kappa shape index (κ1) is 11.0. The molecule has 0 bridgehead atoms. The van der Waals surface area contributed by atoms with Gasteiger partial charge < -0.3 is 19.9 Å². The van der Waals surface area contributed by atoms with Gasteiger partial charge in [0.05, 0.1) is 6.61 Å². The summed E-state index contributed by atoms with van der Waals surface area (Å²) in [5.41, 5.74) is 5.48. The maximum Gasteiger partial charge on any atom is 0.205 e. The van der Waals surface area contributed by atoms with Crippen LogP contribution < -0.4 is 10.6 Å². The highest BCUT2D eigenvalue weighted by Crippen LogP contribution is 2.08. The van der Waals surface area contributed by atoms with Crippen LogP contribution in [0.2, 0.25) is 0 Å². The third-order valence-electron chi connectivity index (χ3n) is 2.04. The first-order valence-corrected chi connectivity index (χ1v) is 4.71. The number of likely N-dealkylation sites (N-methyl/N-ethyl adjacent to an activating group) is 1. The van der Waals surface area contributed by atoms with E-state index in [0.717, 1.165) is 19.0 Å². The molecule has 0 atom stereocenters. The standard InChI is InChI=1S/C9H18N4O/c1-12(5-3-10)9-11-4-6-13(9)7-8-14-2/h4,6H,3,5,7-8,10H2,1-2H3. The minimum Gasteiger partial charge on any atom is -0.383 e. The van der Waals surface area contributed by atoms with Crippen molar-refractivity contribution in [3.63, 3.8) is 0 Å². The normalized spacial score (nSPS) is 10.5. The molecule has 80 valence electrons. The van der Waals surface area contributed by atoms with E-state index in [4.69, 9.17) is 10.5 Å². The van der Waals surface area contributed by atoms with Crippen LogP contribution >= 0.6 is 0 Å². The quantitative estimate of drug-likeness (QED) is 0.695. The monoisotopic (exact) mass is 198 g/mol. The van der Waals surface area contributed by atoms with Crippen LogP contribution in [0.4, 0.5) is 5.95 Å². The first-order valence-electron chi connectivity index (χ1n) is 4.71. The lowest BCUT2D eigenvalue weighted by Gasteiger charge is -2.18. The number of rotatable bonds is 6. The van der Waals surface area contributed by atoms with E-state index in [1.54, 1.807) is 13.3 Å². The largest absolute Gasteiger partial charge is 0.383 e. The molecule has 0 aliphatic carbocycles.